The number of carboxylic acid groups (broad SMARTS) is 1. The van der Waals surface area contributed by atoms with E-state index >= 15 is 0 Å². The third-order valence-corrected chi connectivity index (χ3v) is 6.09. The fourth-order valence-corrected chi connectivity index (χ4v) is 5.00. The van der Waals surface area contributed by atoms with Crippen LogP contribution in [0.25, 0.3) is 0 Å². The topological polar surface area (TPSA) is 54.4 Å². The van der Waals surface area contributed by atoms with Gasteiger partial charge < -0.3 is 5.11 Å². The van der Waals surface area contributed by atoms with Crippen LogP contribution in [0.3, 0.4) is 0 Å². The highest BCUT2D eigenvalue weighted by Gasteiger charge is 2.67. The van der Waals surface area contributed by atoms with Gasteiger partial charge in [-0.1, -0.05) is 29.8 Å². The Bertz CT molecular complexity index is 354. The maximum Gasteiger partial charge on any atom is 0.303 e. The summed E-state index contributed by atoms with van der Waals surface area (Å²) in [4.78, 5) is 22.8. The second-order valence-electron chi connectivity index (χ2n) is 5.55. The predicted molar refractivity (Wildman–Crippen MR) is 63.5 cm³/mol. The van der Waals surface area contributed by atoms with Gasteiger partial charge in [0.2, 0.25) is 0 Å². The highest BCUT2D eigenvalue weighted by atomic mass is 79.9. The summed E-state index contributed by atoms with van der Waals surface area (Å²) < 4.78 is 0. The third-order valence-electron chi connectivity index (χ3n) is 5.04. The van der Waals surface area contributed by atoms with Gasteiger partial charge in [0, 0.05) is 11.8 Å². The van der Waals surface area contributed by atoms with E-state index in [9.17, 15) is 9.59 Å². The zero-order valence-electron chi connectivity index (χ0n) is 9.62. The van der Waals surface area contributed by atoms with Crippen molar-refractivity contribution in [2.24, 2.45) is 16.7 Å². The number of rotatable bonds is 3. The molecule has 2 saturated carbocycles. The van der Waals surface area contributed by atoms with Gasteiger partial charge in [0.05, 0.1) is 4.83 Å². The van der Waals surface area contributed by atoms with Crippen molar-refractivity contribution < 1.29 is 14.7 Å². The smallest absolute Gasteiger partial charge is 0.303 e. The summed E-state index contributed by atoms with van der Waals surface area (Å²) in [5.74, 6) is -0.185. The van der Waals surface area contributed by atoms with Crippen LogP contribution < -0.4 is 0 Å². The standard InChI is InChI=1S/C12H17BrO3/c1-11(6-4-8(14)15)7-3-5-12(11,2)10(16)9(7)13/h7,9H,3-6H2,1-2H3,(H,14,15)/t7-,9-,11+,12+/m0/s1. The third kappa shape index (κ3) is 1.31. The van der Waals surface area contributed by atoms with E-state index in [4.69, 9.17) is 5.11 Å². The molecule has 4 atom stereocenters. The number of aliphatic carboxylic acids is 1. The maximum absolute atomic E-state index is 12.2. The molecule has 2 fully saturated rings. The SMILES string of the molecule is C[C@@]12CC[C@@H]([C@H](Br)C1=O)[C@@]2(C)CCC(=O)O. The molecule has 4 heteroatoms. The quantitative estimate of drug-likeness (QED) is 0.813. The van der Waals surface area contributed by atoms with Crippen LogP contribution in [0.2, 0.25) is 0 Å². The summed E-state index contributed by atoms with van der Waals surface area (Å²) in [5.41, 5.74) is -0.460. The molecule has 0 aromatic heterocycles. The number of hydrogen-bond donors (Lipinski definition) is 1. The Kier molecular flexibility index (Phi) is 2.69. The van der Waals surface area contributed by atoms with Crippen molar-refractivity contribution >= 4 is 27.7 Å². The van der Waals surface area contributed by atoms with E-state index in [1.807, 2.05) is 6.92 Å². The minimum Gasteiger partial charge on any atom is -0.481 e. The molecule has 2 aliphatic carbocycles. The van der Waals surface area contributed by atoms with Gasteiger partial charge in [0.1, 0.15) is 0 Å². The Morgan fingerprint density at radius 1 is 1.56 bits per heavy atom. The molecule has 0 aromatic rings. The van der Waals surface area contributed by atoms with Crippen LogP contribution in [0.1, 0.15) is 39.5 Å². The molecule has 2 bridgehead atoms. The maximum atomic E-state index is 12.2. The minimum absolute atomic E-state index is 0.0648. The van der Waals surface area contributed by atoms with Crippen molar-refractivity contribution in [2.45, 2.75) is 44.4 Å². The first-order chi connectivity index (χ1) is 7.33. The van der Waals surface area contributed by atoms with Gasteiger partial charge in [-0.3, -0.25) is 9.59 Å². The summed E-state index contributed by atoms with van der Waals surface area (Å²) >= 11 is 3.48. The first kappa shape index (κ1) is 12.1. The van der Waals surface area contributed by atoms with Crippen molar-refractivity contribution in [3.05, 3.63) is 0 Å². The lowest BCUT2D eigenvalue weighted by Gasteiger charge is -2.36. The number of ketones is 1. The summed E-state index contributed by atoms with van der Waals surface area (Å²) in [6.07, 6.45) is 2.72. The van der Waals surface area contributed by atoms with Crippen molar-refractivity contribution in [3.8, 4) is 0 Å². The molecular weight excluding hydrogens is 272 g/mol. The second kappa shape index (κ2) is 3.56. The lowest BCUT2D eigenvalue weighted by Crippen LogP contribution is -2.35. The highest BCUT2D eigenvalue weighted by molar-refractivity contribution is 9.10. The average molecular weight is 289 g/mol. The van der Waals surface area contributed by atoms with Gasteiger partial charge in [-0.05, 0) is 30.6 Å². The first-order valence-corrected chi connectivity index (χ1v) is 6.65. The lowest BCUT2D eigenvalue weighted by atomic mass is 9.66. The van der Waals surface area contributed by atoms with Gasteiger partial charge in [0.25, 0.3) is 0 Å². The summed E-state index contributed by atoms with van der Waals surface area (Å²) in [6.45, 7) is 4.10. The fraction of sp³-hybridized carbons (Fsp3) is 0.833. The van der Waals surface area contributed by atoms with Gasteiger partial charge in [0.15, 0.2) is 5.78 Å². The number of hydrogen-bond acceptors (Lipinski definition) is 2. The van der Waals surface area contributed by atoms with E-state index in [2.05, 4.69) is 22.9 Å². The van der Waals surface area contributed by atoms with E-state index in [0.717, 1.165) is 12.8 Å². The normalized spacial score (nSPS) is 46.3. The van der Waals surface area contributed by atoms with E-state index in [0.29, 0.717) is 12.3 Å². The van der Waals surface area contributed by atoms with Crippen LogP contribution in [0, 0.1) is 16.7 Å². The zero-order valence-corrected chi connectivity index (χ0v) is 11.2. The summed E-state index contributed by atoms with van der Waals surface area (Å²) in [6, 6.07) is 0. The van der Waals surface area contributed by atoms with Gasteiger partial charge >= 0.3 is 5.97 Å². The Labute approximate surface area is 104 Å². The molecule has 3 nitrogen and oxygen atoms in total. The Morgan fingerprint density at radius 2 is 2.19 bits per heavy atom. The number of Topliss-reactive ketones (excluding diaryl/α,β-unsaturated/α-hetero) is 1. The number of fused-ring (bicyclic) bond motifs is 2. The summed E-state index contributed by atoms with van der Waals surface area (Å²) in [5, 5.41) is 8.80. The molecule has 0 aromatic carbocycles. The Morgan fingerprint density at radius 3 is 2.62 bits per heavy atom. The number of carboxylic acids is 1. The highest BCUT2D eigenvalue weighted by Crippen LogP contribution is 2.67. The molecule has 0 unspecified atom stereocenters. The molecule has 0 saturated heterocycles. The van der Waals surface area contributed by atoms with Crippen LogP contribution in [0.5, 0.6) is 0 Å². The molecule has 2 aliphatic rings. The van der Waals surface area contributed by atoms with Crippen molar-refractivity contribution in [2.75, 3.05) is 0 Å². The number of halogens is 1. The Balaban J connectivity index is 2.28. The number of carbonyl (C=O) groups excluding carboxylic acids is 1. The molecule has 90 valence electrons. The zero-order chi connectivity index (χ0) is 12.1. The average Bonchev–Trinajstić information content (AvgIpc) is 2.54. The predicted octanol–water partition coefficient (Wildman–Crippen LogP) is 2.62. The van der Waals surface area contributed by atoms with E-state index < -0.39 is 5.97 Å². The van der Waals surface area contributed by atoms with Crippen LogP contribution in [-0.2, 0) is 9.59 Å². The fourth-order valence-electron chi connectivity index (χ4n) is 3.65. The van der Waals surface area contributed by atoms with Gasteiger partial charge in [-0.15, -0.1) is 0 Å². The summed E-state index contributed by atoms with van der Waals surface area (Å²) in [7, 11) is 0. The molecule has 16 heavy (non-hydrogen) atoms. The first-order valence-electron chi connectivity index (χ1n) is 5.73. The molecule has 0 heterocycles. The van der Waals surface area contributed by atoms with E-state index in [1.54, 1.807) is 0 Å². The van der Waals surface area contributed by atoms with Gasteiger partial charge in [-0.25, -0.2) is 0 Å². The number of alkyl halides is 1. The van der Waals surface area contributed by atoms with E-state index in [1.165, 1.54) is 0 Å². The van der Waals surface area contributed by atoms with E-state index in [-0.39, 0.29) is 27.9 Å². The molecule has 2 rings (SSSR count). The lowest BCUT2D eigenvalue weighted by molar-refractivity contribution is -0.139. The van der Waals surface area contributed by atoms with Crippen molar-refractivity contribution in [1.29, 1.82) is 0 Å². The molecular formula is C12H17BrO3. The number of carbonyl (C=O) groups is 2. The molecule has 0 amide bonds. The van der Waals surface area contributed by atoms with Crippen LogP contribution in [0.4, 0.5) is 0 Å². The second-order valence-corrected chi connectivity index (χ2v) is 6.54. The van der Waals surface area contributed by atoms with Crippen molar-refractivity contribution in [3.63, 3.8) is 0 Å². The van der Waals surface area contributed by atoms with Crippen molar-refractivity contribution in [1.82, 2.24) is 0 Å². The van der Waals surface area contributed by atoms with Crippen LogP contribution in [0.15, 0.2) is 0 Å². The Hall–Kier alpha value is -0.380. The molecule has 0 spiro atoms. The van der Waals surface area contributed by atoms with Gasteiger partial charge in [-0.2, -0.15) is 0 Å². The minimum atomic E-state index is -0.769. The molecule has 0 radical (unpaired) electrons. The largest absolute Gasteiger partial charge is 0.481 e. The molecule has 0 aliphatic heterocycles. The van der Waals surface area contributed by atoms with Crippen LogP contribution >= 0.6 is 15.9 Å². The monoisotopic (exact) mass is 288 g/mol. The van der Waals surface area contributed by atoms with Crippen LogP contribution in [-0.4, -0.2) is 21.7 Å². The molecule has 1 N–H and O–H groups in total.